The van der Waals surface area contributed by atoms with Gasteiger partial charge in [-0.05, 0) is 36.1 Å². The Morgan fingerprint density at radius 2 is 1.45 bits per heavy atom. The van der Waals surface area contributed by atoms with E-state index in [9.17, 15) is 4.79 Å². The number of benzene rings is 3. The van der Waals surface area contributed by atoms with Gasteiger partial charge in [0, 0.05) is 6.54 Å². The van der Waals surface area contributed by atoms with Crippen LogP contribution in [0, 0.1) is 0 Å². The van der Waals surface area contributed by atoms with Gasteiger partial charge in [0.05, 0.1) is 12.3 Å². The van der Waals surface area contributed by atoms with E-state index in [2.05, 4.69) is 29.7 Å². The Labute approximate surface area is 172 Å². The molecular weight excluding hydrogens is 360 g/mol. The Kier molecular flexibility index (Phi) is 7.42. The van der Waals surface area contributed by atoms with E-state index in [0.29, 0.717) is 24.6 Å². The second-order valence-electron chi connectivity index (χ2n) is 6.98. The average Bonchev–Trinajstić information content (AvgIpc) is 2.76. The van der Waals surface area contributed by atoms with Gasteiger partial charge in [-0.3, -0.25) is 4.79 Å². The van der Waals surface area contributed by atoms with Gasteiger partial charge >= 0.3 is 0 Å². The van der Waals surface area contributed by atoms with Crippen molar-refractivity contribution in [3.8, 4) is 5.75 Å². The Morgan fingerprint density at radius 1 is 0.862 bits per heavy atom. The van der Waals surface area contributed by atoms with Gasteiger partial charge in [-0.2, -0.15) is 0 Å². The zero-order chi connectivity index (χ0) is 20.5. The van der Waals surface area contributed by atoms with Gasteiger partial charge in [0.1, 0.15) is 11.8 Å². The SMILES string of the molecule is CCOc1ccccc1NC(=O)[C@H](NC[C@H](C)c1ccccc1)c1ccccc1. The van der Waals surface area contributed by atoms with Crippen LogP contribution in [-0.2, 0) is 4.79 Å². The van der Waals surface area contributed by atoms with Crippen molar-refractivity contribution in [3.63, 3.8) is 0 Å². The fourth-order valence-corrected chi connectivity index (χ4v) is 3.26. The molecular formula is C25H28N2O2. The van der Waals surface area contributed by atoms with Crippen LogP contribution in [0.5, 0.6) is 5.75 Å². The first kappa shape index (κ1) is 20.6. The molecule has 150 valence electrons. The number of carbonyl (C=O) groups excluding carboxylic acids is 1. The quantitative estimate of drug-likeness (QED) is 0.532. The molecule has 0 aromatic heterocycles. The zero-order valence-corrected chi connectivity index (χ0v) is 17.0. The molecule has 0 aliphatic carbocycles. The molecule has 3 rings (SSSR count). The predicted octanol–water partition coefficient (Wildman–Crippen LogP) is 5.16. The maximum absolute atomic E-state index is 13.2. The molecule has 3 aromatic carbocycles. The minimum absolute atomic E-state index is 0.108. The number of hydrogen-bond donors (Lipinski definition) is 2. The summed E-state index contributed by atoms with van der Waals surface area (Å²) in [4.78, 5) is 13.2. The van der Waals surface area contributed by atoms with E-state index in [4.69, 9.17) is 4.74 Å². The number of carbonyl (C=O) groups is 1. The van der Waals surface area contributed by atoms with Gasteiger partial charge in [0.25, 0.3) is 0 Å². The number of hydrogen-bond acceptors (Lipinski definition) is 3. The molecule has 2 N–H and O–H groups in total. The van der Waals surface area contributed by atoms with Gasteiger partial charge in [-0.25, -0.2) is 0 Å². The third kappa shape index (κ3) is 5.69. The number of para-hydroxylation sites is 2. The second-order valence-corrected chi connectivity index (χ2v) is 6.98. The summed E-state index contributed by atoms with van der Waals surface area (Å²) < 4.78 is 5.64. The third-order valence-corrected chi connectivity index (χ3v) is 4.84. The number of nitrogens with one attached hydrogen (secondary N) is 2. The van der Waals surface area contributed by atoms with E-state index < -0.39 is 6.04 Å². The molecule has 2 atom stereocenters. The second kappa shape index (κ2) is 10.4. The molecule has 0 spiro atoms. The van der Waals surface area contributed by atoms with E-state index in [1.807, 2.05) is 79.7 Å². The van der Waals surface area contributed by atoms with Crippen molar-refractivity contribution in [1.29, 1.82) is 0 Å². The summed E-state index contributed by atoms with van der Waals surface area (Å²) in [5.41, 5.74) is 2.85. The molecule has 4 heteroatoms. The highest BCUT2D eigenvalue weighted by Crippen LogP contribution is 2.26. The summed E-state index contributed by atoms with van der Waals surface area (Å²) in [5, 5.41) is 6.48. The lowest BCUT2D eigenvalue weighted by molar-refractivity contribution is -0.118. The van der Waals surface area contributed by atoms with Gasteiger partial charge in [-0.15, -0.1) is 0 Å². The Morgan fingerprint density at radius 3 is 2.10 bits per heavy atom. The number of rotatable bonds is 9. The normalized spacial score (nSPS) is 12.8. The Balaban J connectivity index is 1.76. The molecule has 0 saturated heterocycles. The summed E-state index contributed by atoms with van der Waals surface area (Å²) in [5.74, 6) is 0.849. The van der Waals surface area contributed by atoms with Gasteiger partial charge in [-0.1, -0.05) is 79.7 Å². The fraction of sp³-hybridized carbons (Fsp3) is 0.240. The number of anilines is 1. The monoisotopic (exact) mass is 388 g/mol. The lowest BCUT2D eigenvalue weighted by atomic mass is 9.99. The average molecular weight is 389 g/mol. The van der Waals surface area contributed by atoms with Crippen LogP contribution in [0.3, 0.4) is 0 Å². The molecule has 0 bridgehead atoms. The van der Waals surface area contributed by atoms with Crippen LogP contribution in [0.4, 0.5) is 5.69 Å². The highest BCUT2D eigenvalue weighted by molar-refractivity contribution is 5.96. The molecule has 4 nitrogen and oxygen atoms in total. The summed E-state index contributed by atoms with van der Waals surface area (Å²) in [6.45, 7) is 5.32. The van der Waals surface area contributed by atoms with Crippen LogP contribution in [-0.4, -0.2) is 19.1 Å². The first-order valence-electron chi connectivity index (χ1n) is 10.0. The predicted molar refractivity (Wildman–Crippen MR) is 118 cm³/mol. The molecule has 0 unspecified atom stereocenters. The third-order valence-electron chi connectivity index (χ3n) is 4.84. The molecule has 0 radical (unpaired) electrons. The van der Waals surface area contributed by atoms with Crippen molar-refractivity contribution in [2.45, 2.75) is 25.8 Å². The first-order chi connectivity index (χ1) is 14.2. The Hall–Kier alpha value is -3.11. The zero-order valence-electron chi connectivity index (χ0n) is 17.0. The molecule has 29 heavy (non-hydrogen) atoms. The van der Waals surface area contributed by atoms with E-state index >= 15 is 0 Å². The van der Waals surface area contributed by atoms with Crippen molar-refractivity contribution in [1.82, 2.24) is 5.32 Å². The van der Waals surface area contributed by atoms with Crippen LogP contribution in [0.1, 0.15) is 36.9 Å². The van der Waals surface area contributed by atoms with E-state index in [0.717, 1.165) is 5.56 Å². The van der Waals surface area contributed by atoms with Crippen molar-refractivity contribution < 1.29 is 9.53 Å². The van der Waals surface area contributed by atoms with Crippen LogP contribution in [0.2, 0.25) is 0 Å². The molecule has 3 aromatic rings. The smallest absolute Gasteiger partial charge is 0.246 e. The molecule has 0 heterocycles. The largest absolute Gasteiger partial charge is 0.492 e. The van der Waals surface area contributed by atoms with Crippen LogP contribution >= 0.6 is 0 Å². The highest BCUT2D eigenvalue weighted by Gasteiger charge is 2.22. The van der Waals surface area contributed by atoms with E-state index in [-0.39, 0.29) is 11.8 Å². The number of amides is 1. The van der Waals surface area contributed by atoms with Gasteiger partial charge < -0.3 is 15.4 Å². The van der Waals surface area contributed by atoms with Crippen LogP contribution < -0.4 is 15.4 Å². The summed E-state index contributed by atoms with van der Waals surface area (Å²) in [6.07, 6.45) is 0. The summed E-state index contributed by atoms with van der Waals surface area (Å²) in [6, 6.07) is 27.2. The van der Waals surface area contributed by atoms with Crippen molar-refractivity contribution in [2.75, 3.05) is 18.5 Å². The van der Waals surface area contributed by atoms with Crippen LogP contribution in [0.25, 0.3) is 0 Å². The van der Waals surface area contributed by atoms with Crippen molar-refractivity contribution >= 4 is 11.6 Å². The minimum atomic E-state index is -0.461. The summed E-state index contributed by atoms with van der Waals surface area (Å²) >= 11 is 0. The first-order valence-corrected chi connectivity index (χ1v) is 10.0. The maximum atomic E-state index is 13.2. The molecule has 0 saturated carbocycles. The van der Waals surface area contributed by atoms with Gasteiger partial charge in [0.2, 0.25) is 5.91 Å². The molecule has 0 fully saturated rings. The van der Waals surface area contributed by atoms with Crippen molar-refractivity contribution in [2.24, 2.45) is 0 Å². The lowest BCUT2D eigenvalue weighted by Gasteiger charge is -2.22. The van der Waals surface area contributed by atoms with Crippen molar-refractivity contribution in [3.05, 3.63) is 96.1 Å². The maximum Gasteiger partial charge on any atom is 0.246 e. The van der Waals surface area contributed by atoms with Gasteiger partial charge in [0.15, 0.2) is 0 Å². The minimum Gasteiger partial charge on any atom is -0.492 e. The highest BCUT2D eigenvalue weighted by atomic mass is 16.5. The topological polar surface area (TPSA) is 50.4 Å². The Bertz CT molecular complexity index is 897. The molecule has 0 aliphatic heterocycles. The fourth-order valence-electron chi connectivity index (χ4n) is 3.26. The van der Waals surface area contributed by atoms with E-state index in [1.54, 1.807) is 0 Å². The molecule has 1 amide bonds. The van der Waals surface area contributed by atoms with Crippen LogP contribution in [0.15, 0.2) is 84.9 Å². The number of ether oxygens (including phenoxy) is 1. The van der Waals surface area contributed by atoms with E-state index in [1.165, 1.54) is 5.56 Å². The summed E-state index contributed by atoms with van der Waals surface area (Å²) in [7, 11) is 0. The molecule has 0 aliphatic rings. The standard InChI is InChI=1S/C25H28N2O2/c1-3-29-23-17-11-10-16-22(23)27-25(28)24(21-14-8-5-9-15-21)26-18-19(2)20-12-6-4-7-13-20/h4-17,19,24,26H,3,18H2,1-2H3,(H,27,28)/t19-,24+/m0/s1. The lowest BCUT2D eigenvalue weighted by Crippen LogP contribution is -2.35.